The normalized spacial score (nSPS) is 17.3. The fourth-order valence-electron chi connectivity index (χ4n) is 1.99. The zero-order valence-corrected chi connectivity index (χ0v) is 11.5. The predicted octanol–water partition coefficient (Wildman–Crippen LogP) is 2.55. The van der Waals surface area contributed by atoms with Crippen LogP contribution in [0.3, 0.4) is 0 Å². The van der Waals surface area contributed by atoms with Gasteiger partial charge < -0.3 is 4.74 Å². The van der Waals surface area contributed by atoms with Gasteiger partial charge in [-0.2, -0.15) is 0 Å². The lowest BCUT2D eigenvalue weighted by Gasteiger charge is -2.21. The van der Waals surface area contributed by atoms with Gasteiger partial charge in [-0.3, -0.25) is 14.8 Å². The quantitative estimate of drug-likeness (QED) is 0.771. The van der Waals surface area contributed by atoms with Crippen molar-refractivity contribution >= 4 is 5.97 Å². The first-order valence-corrected chi connectivity index (χ1v) is 6.32. The standard InChI is InChI=1S/C14H20N2O2/c1-10-8-16-11(9-15-10)14(5-6-14)7-12(17)18-13(2,3)4/h8-9H,5-7H2,1-4H3. The van der Waals surface area contributed by atoms with Gasteiger partial charge in [0.1, 0.15) is 5.60 Å². The average Bonchev–Trinajstić information content (AvgIpc) is 2.96. The molecule has 98 valence electrons. The summed E-state index contributed by atoms with van der Waals surface area (Å²) in [4.78, 5) is 20.5. The lowest BCUT2D eigenvalue weighted by Crippen LogP contribution is -2.27. The molecule has 1 fully saturated rings. The minimum atomic E-state index is -0.424. The summed E-state index contributed by atoms with van der Waals surface area (Å²) < 4.78 is 5.37. The van der Waals surface area contributed by atoms with Crippen molar-refractivity contribution < 1.29 is 9.53 Å². The van der Waals surface area contributed by atoms with E-state index in [9.17, 15) is 4.79 Å². The second kappa shape index (κ2) is 4.34. The molecule has 4 heteroatoms. The molecule has 1 heterocycles. The Morgan fingerprint density at radius 1 is 1.33 bits per heavy atom. The smallest absolute Gasteiger partial charge is 0.307 e. The molecular formula is C14H20N2O2. The fourth-order valence-corrected chi connectivity index (χ4v) is 1.99. The maximum atomic E-state index is 11.9. The Labute approximate surface area is 108 Å². The van der Waals surface area contributed by atoms with Crippen LogP contribution in [0.15, 0.2) is 12.4 Å². The number of carbonyl (C=O) groups excluding carboxylic acids is 1. The minimum Gasteiger partial charge on any atom is -0.460 e. The van der Waals surface area contributed by atoms with Crippen LogP contribution in [0, 0.1) is 6.92 Å². The van der Waals surface area contributed by atoms with Gasteiger partial charge in [-0.1, -0.05) is 0 Å². The van der Waals surface area contributed by atoms with Crippen molar-refractivity contribution in [1.29, 1.82) is 0 Å². The Morgan fingerprint density at radius 3 is 2.44 bits per heavy atom. The van der Waals surface area contributed by atoms with Gasteiger partial charge in [0.15, 0.2) is 0 Å². The summed E-state index contributed by atoms with van der Waals surface area (Å²) in [6, 6.07) is 0. The van der Waals surface area contributed by atoms with Gasteiger partial charge >= 0.3 is 5.97 Å². The van der Waals surface area contributed by atoms with Gasteiger partial charge in [0.25, 0.3) is 0 Å². The molecule has 0 bridgehead atoms. The number of aromatic nitrogens is 2. The van der Waals surface area contributed by atoms with Crippen molar-refractivity contribution in [2.75, 3.05) is 0 Å². The molecular weight excluding hydrogens is 228 g/mol. The van der Waals surface area contributed by atoms with E-state index in [1.54, 1.807) is 12.4 Å². The summed E-state index contributed by atoms with van der Waals surface area (Å²) in [7, 11) is 0. The number of rotatable bonds is 3. The molecule has 0 aromatic carbocycles. The first-order chi connectivity index (χ1) is 8.31. The molecule has 0 atom stereocenters. The molecule has 0 saturated heterocycles. The van der Waals surface area contributed by atoms with Gasteiger partial charge in [-0.25, -0.2) is 0 Å². The van der Waals surface area contributed by atoms with E-state index in [0.717, 1.165) is 24.2 Å². The van der Waals surface area contributed by atoms with E-state index in [4.69, 9.17) is 4.74 Å². The molecule has 1 aliphatic rings. The van der Waals surface area contributed by atoms with Gasteiger partial charge in [0.05, 0.1) is 17.8 Å². The summed E-state index contributed by atoms with van der Waals surface area (Å²) in [5.41, 5.74) is 1.26. The minimum absolute atomic E-state index is 0.122. The zero-order chi connectivity index (χ0) is 13.4. The summed E-state index contributed by atoms with van der Waals surface area (Å²) >= 11 is 0. The van der Waals surface area contributed by atoms with Crippen LogP contribution < -0.4 is 0 Å². The van der Waals surface area contributed by atoms with Crippen molar-refractivity contribution in [1.82, 2.24) is 9.97 Å². The number of aryl methyl sites for hydroxylation is 1. The Bertz CT molecular complexity index is 442. The Hall–Kier alpha value is -1.45. The van der Waals surface area contributed by atoms with Crippen molar-refractivity contribution in [3.63, 3.8) is 0 Å². The van der Waals surface area contributed by atoms with Gasteiger partial charge in [0, 0.05) is 17.8 Å². The third kappa shape index (κ3) is 3.06. The predicted molar refractivity (Wildman–Crippen MR) is 68.1 cm³/mol. The monoisotopic (exact) mass is 248 g/mol. The third-order valence-electron chi connectivity index (χ3n) is 3.08. The van der Waals surface area contributed by atoms with Gasteiger partial charge in [-0.15, -0.1) is 0 Å². The second-order valence-electron chi connectivity index (χ2n) is 6.09. The molecule has 1 saturated carbocycles. The van der Waals surface area contributed by atoms with Crippen molar-refractivity contribution in [2.45, 2.75) is 58.0 Å². The highest BCUT2D eigenvalue weighted by Gasteiger charge is 2.48. The highest BCUT2D eigenvalue weighted by atomic mass is 16.6. The van der Waals surface area contributed by atoms with E-state index in [1.807, 2.05) is 27.7 Å². The summed E-state index contributed by atoms with van der Waals surface area (Å²) in [5.74, 6) is -0.151. The van der Waals surface area contributed by atoms with E-state index in [0.29, 0.717) is 6.42 Å². The molecule has 18 heavy (non-hydrogen) atoms. The van der Waals surface area contributed by atoms with E-state index < -0.39 is 5.60 Å². The third-order valence-corrected chi connectivity index (χ3v) is 3.08. The van der Waals surface area contributed by atoms with Crippen LogP contribution in [-0.4, -0.2) is 21.5 Å². The number of esters is 1. The van der Waals surface area contributed by atoms with Crippen LogP contribution in [0.4, 0.5) is 0 Å². The highest BCUT2D eigenvalue weighted by molar-refractivity contribution is 5.72. The maximum absolute atomic E-state index is 11.9. The Morgan fingerprint density at radius 2 is 2.00 bits per heavy atom. The average molecular weight is 248 g/mol. The SMILES string of the molecule is Cc1cnc(C2(CC(=O)OC(C)(C)C)CC2)cn1. The van der Waals surface area contributed by atoms with Crippen molar-refractivity contribution in [3.05, 3.63) is 23.8 Å². The van der Waals surface area contributed by atoms with E-state index >= 15 is 0 Å². The Balaban J connectivity index is 2.04. The van der Waals surface area contributed by atoms with Crippen LogP contribution >= 0.6 is 0 Å². The summed E-state index contributed by atoms with van der Waals surface area (Å²) in [6.07, 6.45) is 5.92. The zero-order valence-electron chi connectivity index (χ0n) is 11.5. The summed E-state index contributed by atoms with van der Waals surface area (Å²) in [6.45, 7) is 7.56. The number of ether oxygens (including phenoxy) is 1. The Kier molecular flexibility index (Phi) is 3.13. The molecule has 0 radical (unpaired) electrons. The number of nitrogens with zero attached hydrogens (tertiary/aromatic N) is 2. The molecule has 2 rings (SSSR count). The lowest BCUT2D eigenvalue weighted by molar-refractivity contribution is -0.155. The van der Waals surface area contributed by atoms with E-state index in [-0.39, 0.29) is 11.4 Å². The van der Waals surface area contributed by atoms with E-state index in [2.05, 4.69) is 9.97 Å². The van der Waals surface area contributed by atoms with Gasteiger partial charge in [-0.05, 0) is 40.5 Å². The fraction of sp³-hybridized carbons (Fsp3) is 0.643. The van der Waals surface area contributed by atoms with Gasteiger partial charge in [0.2, 0.25) is 0 Å². The first kappa shape index (κ1) is 13.0. The largest absolute Gasteiger partial charge is 0.460 e. The molecule has 1 aromatic heterocycles. The van der Waals surface area contributed by atoms with E-state index in [1.165, 1.54) is 0 Å². The van der Waals surface area contributed by atoms with Crippen LogP contribution in [0.1, 0.15) is 51.4 Å². The number of hydrogen-bond acceptors (Lipinski definition) is 4. The van der Waals surface area contributed by atoms with Crippen molar-refractivity contribution in [2.24, 2.45) is 0 Å². The molecule has 1 aliphatic carbocycles. The van der Waals surface area contributed by atoms with Crippen LogP contribution in [-0.2, 0) is 14.9 Å². The highest BCUT2D eigenvalue weighted by Crippen LogP contribution is 2.50. The molecule has 0 unspecified atom stereocenters. The molecule has 1 aromatic rings. The lowest BCUT2D eigenvalue weighted by atomic mass is 9.98. The molecule has 0 amide bonds. The van der Waals surface area contributed by atoms with Crippen LogP contribution in [0.25, 0.3) is 0 Å². The maximum Gasteiger partial charge on any atom is 0.307 e. The van der Waals surface area contributed by atoms with Crippen molar-refractivity contribution in [3.8, 4) is 0 Å². The molecule has 0 N–H and O–H groups in total. The number of carbonyl (C=O) groups is 1. The molecule has 4 nitrogen and oxygen atoms in total. The summed E-state index contributed by atoms with van der Waals surface area (Å²) in [5, 5.41) is 0. The topological polar surface area (TPSA) is 52.1 Å². The molecule has 0 aliphatic heterocycles. The first-order valence-electron chi connectivity index (χ1n) is 6.32. The molecule has 0 spiro atoms. The van der Waals surface area contributed by atoms with Crippen LogP contribution in [0.2, 0.25) is 0 Å². The van der Waals surface area contributed by atoms with Crippen LogP contribution in [0.5, 0.6) is 0 Å². The second-order valence-corrected chi connectivity index (χ2v) is 6.09. The number of hydrogen-bond donors (Lipinski definition) is 0.